The predicted molar refractivity (Wildman–Crippen MR) is 92.0 cm³/mol. The maximum atomic E-state index is 13.3. The number of carbonyl (C=O) groups excluding carboxylic acids is 3. The second-order valence-electron chi connectivity index (χ2n) is 4.98. The molecule has 0 fully saturated rings. The monoisotopic (exact) mass is 379 g/mol. The highest BCUT2D eigenvalue weighted by Crippen LogP contribution is 2.15. The highest BCUT2D eigenvalue weighted by atomic mass is 35.5. The van der Waals surface area contributed by atoms with Crippen LogP contribution in [0, 0.1) is 5.82 Å². The molecule has 3 N–H and O–H groups in total. The molecule has 0 aliphatic carbocycles. The number of hydrogen-bond donors (Lipinski definition) is 3. The standard InChI is InChI=1S/C17H15ClFN3O4/c18-12-6-2-1-5-11(12)17(25)20-9-15(23)21-22-16(24)10-26-14-8-4-3-7-13(14)19/h1-8H,9-10H2,(H,20,25)(H,21,23)(H,22,24). The van der Waals surface area contributed by atoms with E-state index in [2.05, 4.69) is 16.2 Å². The molecule has 2 rings (SSSR count). The molecule has 0 atom stereocenters. The normalized spacial score (nSPS) is 9.92. The van der Waals surface area contributed by atoms with Gasteiger partial charge in [0.2, 0.25) is 0 Å². The minimum Gasteiger partial charge on any atom is -0.481 e. The molecular formula is C17H15ClFN3O4. The quantitative estimate of drug-likeness (QED) is 0.662. The molecule has 2 aromatic carbocycles. The summed E-state index contributed by atoms with van der Waals surface area (Å²) in [6.45, 7) is -0.869. The molecule has 136 valence electrons. The predicted octanol–water partition coefficient (Wildman–Crippen LogP) is 1.44. The number of halogens is 2. The highest BCUT2D eigenvalue weighted by Gasteiger charge is 2.12. The first-order chi connectivity index (χ1) is 12.5. The number of hydrazine groups is 1. The van der Waals surface area contributed by atoms with Crippen molar-refractivity contribution >= 4 is 29.3 Å². The SMILES string of the molecule is O=C(CNC(=O)c1ccccc1Cl)NNC(=O)COc1ccccc1F. The van der Waals surface area contributed by atoms with Gasteiger partial charge in [0.15, 0.2) is 18.2 Å². The topological polar surface area (TPSA) is 96.5 Å². The smallest absolute Gasteiger partial charge is 0.276 e. The minimum atomic E-state index is -0.695. The number of ether oxygens (including phenoxy) is 1. The van der Waals surface area contributed by atoms with E-state index in [0.29, 0.717) is 0 Å². The lowest BCUT2D eigenvalue weighted by molar-refractivity contribution is -0.129. The Morgan fingerprint density at radius 1 is 0.962 bits per heavy atom. The maximum absolute atomic E-state index is 13.3. The van der Waals surface area contributed by atoms with Crippen molar-refractivity contribution in [3.63, 3.8) is 0 Å². The van der Waals surface area contributed by atoms with E-state index in [4.69, 9.17) is 16.3 Å². The van der Waals surface area contributed by atoms with Gasteiger partial charge < -0.3 is 10.1 Å². The van der Waals surface area contributed by atoms with Gasteiger partial charge >= 0.3 is 0 Å². The summed E-state index contributed by atoms with van der Waals surface area (Å²) in [5, 5.41) is 2.61. The van der Waals surface area contributed by atoms with Crippen LogP contribution < -0.4 is 20.9 Å². The lowest BCUT2D eigenvalue weighted by atomic mass is 10.2. The van der Waals surface area contributed by atoms with Gasteiger partial charge in [-0.25, -0.2) is 4.39 Å². The summed E-state index contributed by atoms with van der Waals surface area (Å²) in [6, 6.07) is 12.0. The molecule has 0 aromatic heterocycles. The van der Waals surface area contributed by atoms with Crippen molar-refractivity contribution in [3.05, 3.63) is 64.9 Å². The molecule has 0 unspecified atom stereocenters. The van der Waals surface area contributed by atoms with Gasteiger partial charge in [-0.05, 0) is 24.3 Å². The van der Waals surface area contributed by atoms with Gasteiger partial charge in [-0.2, -0.15) is 0 Å². The fraction of sp³-hybridized carbons (Fsp3) is 0.118. The van der Waals surface area contributed by atoms with E-state index in [1.165, 1.54) is 24.3 Å². The Kier molecular flexibility index (Phi) is 6.92. The van der Waals surface area contributed by atoms with Crippen LogP contribution in [0.1, 0.15) is 10.4 Å². The van der Waals surface area contributed by atoms with Crippen molar-refractivity contribution < 1.29 is 23.5 Å². The van der Waals surface area contributed by atoms with E-state index in [0.717, 1.165) is 0 Å². The summed E-state index contributed by atoms with van der Waals surface area (Å²) < 4.78 is 18.3. The van der Waals surface area contributed by atoms with Crippen LogP contribution in [-0.4, -0.2) is 30.9 Å². The van der Waals surface area contributed by atoms with E-state index in [-0.39, 0.29) is 22.9 Å². The summed E-state index contributed by atoms with van der Waals surface area (Å²) in [5.41, 5.74) is 4.40. The van der Waals surface area contributed by atoms with E-state index in [1.807, 2.05) is 0 Å². The molecule has 0 spiro atoms. The Morgan fingerprint density at radius 2 is 1.62 bits per heavy atom. The second kappa shape index (κ2) is 9.38. The summed E-state index contributed by atoms with van der Waals surface area (Å²) in [7, 11) is 0. The molecule has 0 radical (unpaired) electrons. The molecule has 0 saturated carbocycles. The van der Waals surface area contributed by atoms with E-state index in [1.54, 1.807) is 24.3 Å². The zero-order valence-electron chi connectivity index (χ0n) is 13.4. The van der Waals surface area contributed by atoms with Crippen LogP contribution in [0.4, 0.5) is 4.39 Å². The Balaban J connectivity index is 1.70. The summed E-state index contributed by atoms with van der Waals surface area (Å²) >= 11 is 5.87. The van der Waals surface area contributed by atoms with Gasteiger partial charge in [-0.15, -0.1) is 0 Å². The third-order valence-corrected chi connectivity index (χ3v) is 3.39. The van der Waals surface area contributed by atoms with E-state index in [9.17, 15) is 18.8 Å². The molecular weight excluding hydrogens is 365 g/mol. The third-order valence-electron chi connectivity index (χ3n) is 3.06. The number of hydrogen-bond acceptors (Lipinski definition) is 4. The maximum Gasteiger partial charge on any atom is 0.276 e. The number of benzene rings is 2. The molecule has 0 aliphatic rings. The number of amides is 3. The zero-order chi connectivity index (χ0) is 18.9. The first-order valence-electron chi connectivity index (χ1n) is 7.45. The molecule has 0 heterocycles. The van der Waals surface area contributed by atoms with Crippen LogP contribution in [0.2, 0.25) is 5.02 Å². The Labute approximate surface area is 153 Å². The molecule has 26 heavy (non-hydrogen) atoms. The molecule has 0 bridgehead atoms. The summed E-state index contributed by atoms with van der Waals surface area (Å²) in [6.07, 6.45) is 0. The fourth-order valence-corrected chi connectivity index (χ4v) is 2.05. The first kappa shape index (κ1) is 19.2. The first-order valence-corrected chi connectivity index (χ1v) is 7.83. The minimum absolute atomic E-state index is 0.0824. The van der Waals surface area contributed by atoms with Crippen LogP contribution in [0.5, 0.6) is 5.75 Å². The second-order valence-corrected chi connectivity index (χ2v) is 5.39. The van der Waals surface area contributed by atoms with Gasteiger partial charge in [0.1, 0.15) is 0 Å². The number of nitrogens with one attached hydrogen (secondary N) is 3. The molecule has 3 amide bonds. The van der Waals surface area contributed by atoms with Gasteiger partial charge in [0.25, 0.3) is 17.7 Å². The Bertz CT molecular complexity index is 816. The summed E-state index contributed by atoms with van der Waals surface area (Å²) in [5.74, 6) is -2.57. The largest absolute Gasteiger partial charge is 0.481 e. The Hall–Kier alpha value is -3.13. The third kappa shape index (κ3) is 5.75. The van der Waals surface area contributed by atoms with Gasteiger partial charge in [-0.3, -0.25) is 25.2 Å². The average Bonchev–Trinajstić information content (AvgIpc) is 2.64. The molecule has 0 saturated heterocycles. The van der Waals surface area contributed by atoms with Crippen LogP contribution in [0.15, 0.2) is 48.5 Å². The lowest BCUT2D eigenvalue weighted by Gasteiger charge is -2.10. The summed E-state index contributed by atoms with van der Waals surface area (Å²) in [4.78, 5) is 35.1. The van der Waals surface area contributed by atoms with Crippen LogP contribution in [0.3, 0.4) is 0 Å². The zero-order valence-corrected chi connectivity index (χ0v) is 14.2. The van der Waals surface area contributed by atoms with Gasteiger partial charge in [-0.1, -0.05) is 35.9 Å². The van der Waals surface area contributed by atoms with Crippen molar-refractivity contribution in [1.29, 1.82) is 0 Å². The van der Waals surface area contributed by atoms with Crippen molar-refractivity contribution in [2.45, 2.75) is 0 Å². The molecule has 7 nitrogen and oxygen atoms in total. The molecule has 2 aromatic rings. The van der Waals surface area contributed by atoms with Crippen molar-refractivity contribution in [2.24, 2.45) is 0 Å². The van der Waals surface area contributed by atoms with Crippen LogP contribution in [0.25, 0.3) is 0 Å². The van der Waals surface area contributed by atoms with Crippen LogP contribution in [-0.2, 0) is 9.59 Å². The van der Waals surface area contributed by atoms with Crippen molar-refractivity contribution in [1.82, 2.24) is 16.2 Å². The lowest BCUT2D eigenvalue weighted by Crippen LogP contribution is -2.47. The molecule has 0 aliphatic heterocycles. The average molecular weight is 380 g/mol. The van der Waals surface area contributed by atoms with E-state index < -0.39 is 30.1 Å². The fourth-order valence-electron chi connectivity index (χ4n) is 1.83. The van der Waals surface area contributed by atoms with Crippen LogP contribution >= 0.6 is 11.6 Å². The number of carbonyl (C=O) groups is 3. The highest BCUT2D eigenvalue weighted by molar-refractivity contribution is 6.33. The van der Waals surface area contributed by atoms with Crippen molar-refractivity contribution in [2.75, 3.05) is 13.2 Å². The number of para-hydroxylation sites is 1. The van der Waals surface area contributed by atoms with Gasteiger partial charge in [0, 0.05) is 0 Å². The van der Waals surface area contributed by atoms with Crippen molar-refractivity contribution in [3.8, 4) is 5.75 Å². The van der Waals surface area contributed by atoms with Gasteiger partial charge in [0.05, 0.1) is 17.1 Å². The van der Waals surface area contributed by atoms with E-state index >= 15 is 0 Å². The number of rotatable bonds is 6. The Morgan fingerprint density at radius 3 is 2.35 bits per heavy atom. The molecule has 9 heteroatoms.